The summed E-state index contributed by atoms with van der Waals surface area (Å²) in [6, 6.07) is 27.4. The van der Waals surface area contributed by atoms with E-state index in [-0.39, 0.29) is 92.5 Å². The quantitative estimate of drug-likeness (QED) is 0.0761. The van der Waals surface area contributed by atoms with Gasteiger partial charge in [-0.1, -0.05) is 54.6 Å². The number of anilines is 1. The number of nitrogens with two attached hydrogens (primary N) is 1. The number of nitrogens with one attached hydrogen (secondary N) is 1. The zero-order valence-electron chi connectivity index (χ0n) is 32.3. The maximum Gasteiger partial charge on any atom is 0.347 e. The van der Waals surface area contributed by atoms with Crippen LogP contribution in [-0.2, 0) is 19.6 Å². The Labute approximate surface area is 357 Å². The molecule has 6 rings (SSSR count). The van der Waals surface area contributed by atoms with Gasteiger partial charge in [0.15, 0.2) is 11.2 Å². The van der Waals surface area contributed by atoms with Gasteiger partial charge in [0.2, 0.25) is 5.95 Å². The topological polar surface area (TPSA) is 183 Å². The van der Waals surface area contributed by atoms with Crippen molar-refractivity contribution in [3.8, 4) is 17.6 Å². The van der Waals surface area contributed by atoms with Crippen molar-refractivity contribution < 1.29 is 66.1 Å². The number of fused-ring (bicyclic) bond motifs is 1. The van der Waals surface area contributed by atoms with Crippen molar-refractivity contribution >= 4 is 25.0 Å². The summed E-state index contributed by atoms with van der Waals surface area (Å²) in [6.45, 7) is 7.99. The molecule has 0 bridgehead atoms. The average Bonchev–Trinajstić information content (AvgIpc) is 3.78. The van der Waals surface area contributed by atoms with Crippen molar-refractivity contribution in [1.82, 2.24) is 24.2 Å². The molecule has 0 amide bonds. The van der Waals surface area contributed by atoms with Gasteiger partial charge in [-0.3, -0.25) is 14.3 Å². The summed E-state index contributed by atoms with van der Waals surface area (Å²) in [6.07, 6.45) is -0.219. The van der Waals surface area contributed by atoms with E-state index < -0.39 is 37.5 Å². The third-order valence-electron chi connectivity index (χ3n) is 9.82. The van der Waals surface area contributed by atoms with Crippen molar-refractivity contribution in [3.63, 3.8) is 0 Å². The SMILES string of the molecule is COc1ccc(C(OC[C@H]2O[C@@H](n3cnc4c(=O)[nH]c(N)nc43)C[C@@H]2O[P+](O)(CCC#N)N(C(C)C)C(C)C)(c2ccccc2)c2ccc(OC)cc2)cc1.[Ar]. The Hall–Kier alpha value is -3.61. The van der Waals surface area contributed by atoms with Gasteiger partial charge in [0.1, 0.15) is 41.7 Å². The summed E-state index contributed by atoms with van der Waals surface area (Å²) >= 11 is 0. The molecule has 4 N–H and O–H groups in total. The number of rotatable bonds is 16. The first kappa shape index (κ1) is 43.5. The first-order chi connectivity index (χ1) is 26.4. The van der Waals surface area contributed by atoms with E-state index >= 15 is 0 Å². The van der Waals surface area contributed by atoms with Crippen LogP contribution < -0.4 is 20.8 Å². The van der Waals surface area contributed by atoms with Crippen LogP contribution in [0.2, 0.25) is 0 Å². The van der Waals surface area contributed by atoms with E-state index in [1.165, 1.54) is 6.33 Å². The summed E-state index contributed by atoms with van der Waals surface area (Å²) in [5, 5.41) is 9.64. The maximum atomic E-state index is 12.7. The van der Waals surface area contributed by atoms with Crippen LogP contribution in [-0.4, -0.2) is 80.4 Å². The van der Waals surface area contributed by atoms with Gasteiger partial charge in [0.05, 0.1) is 39.6 Å². The molecule has 16 heteroatoms. The van der Waals surface area contributed by atoms with Crippen LogP contribution in [0.1, 0.15) is 63.5 Å². The van der Waals surface area contributed by atoms with Crippen molar-refractivity contribution in [3.05, 3.63) is 112 Å². The van der Waals surface area contributed by atoms with E-state index in [4.69, 9.17) is 29.2 Å². The molecule has 5 aromatic rings. The van der Waals surface area contributed by atoms with Crippen molar-refractivity contribution in [2.24, 2.45) is 0 Å². The van der Waals surface area contributed by atoms with Gasteiger partial charge in [-0.15, -0.1) is 4.67 Å². The molecule has 1 aliphatic rings. The van der Waals surface area contributed by atoms with Crippen LogP contribution in [0.3, 0.4) is 0 Å². The Morgan fingerprint density at radius 2 is 1.57 bits per heavy atom. The molecule has 298 valence electrons. The number of aromatic nitrogens is 4. The number of hydrogen-bond donors (Lipinski definition) is 3. The zero-order valence-corrected chi connectivity index (χ0v) is 33.9. The number of methoxy groups -OCH3 is 2. The first-order valence-electron chi connectivity index (χ1n) is 18.2. The van der Waals surface area contributed by atoms with E-state index in [0.29, 0.717) is 11.5 Å². The zero-order chi connectivity index (χ0) is 39.3. The Balaban J connectivity index is 0.00000600. The molecule has 0 spiro atoms. The fourth-order valence-corrected chi connectivity index (χ4v) is 10.5. The van der Waals surface area contributed by atoms with Gasteiger partial charge in [-0.25, -0.2) is 9.88 Å². The summed E-state index contributed by atoms with van der Waals surface area (Å²) in [5.74, 6) is 1.33. The molecule has 3 heterocycles. The third kappa shape index (κ3) is 8.92. The monoisotopic (exact) mass is 810 g/mol. The van der Waals surface area contributed by atoms with Gasteiger partial charge in [0.25, 0.3) is 5.56 Å². The standard InChI is InChI=1S/C40H48N7O7P.Ar/c1-26(2)47(27(3)4)55(49,22-10-21-41)54-33-23-35(46-25-43-36-37(46)44-39(42)45-38(36)48)53-34(33)24-52-40(28-11-8-7-9-12-28,29-13-17-31(50-5)18-14-29)30-15-19-32(51-6)20-16-30;/h7-9,11-20,25-27,33-35,49H,10,22-24H2,1-6H3,(H2-,42,44,45,48);/p+1/t33-,34+,35+,55?;/m0./s1. The van der Waals surface area contributed by atoms with Crippen molar-refractivity contribution in [2.75, 3.05) is 32.7 Å². The summed E-state index contributed by atoms with van der Waals surface area (Å²) in [5.41, 5.74) is 7.21. The molecule has 1 unspecified atom stereocenters. The number of ether oxygens (including phenoxy) is 4. The average molecular weight is 811 g/mol. The molecule has 1 saturated heterocycles. The predicted molar refractivity (Wildman–Crippen MR) is 211 cm³/mol. The van der Waals surface area contributed by atoms with E-state index in [0.717, 1.165) is 16.7 Å². The van der Waals surface area contributed by atoms with Crippen LogP contribution >= 0.6 is 7.87 Å². The number of nitriles is 1. The van der Waals surface area contributed by atoms with Crippen molar-refractivity contribution in [2.45, 2.75) is 76.7 Å². The predicted octanol–water partition coefficient (Wildman–Crippen LogP) is 6.19. The van der Waals surface area contributed by atoms with Gasteiger partial charge >= 0.3 is 7.87 Å². The molecule has 2 aromatic heterocycles. The molecule has 0 radical (unpaired) electrons. The number of nitrogen functional groups attached to an aromatic ring is 1. The maximum absolute atomic E-state index is 12.7. The number of hydrogen-bond acceptors (Lipinski definition) is 12. The number of aromatic amines is 1. The van der Waals surface area contributed by atoms with Gasteiger partial charge < -0.3 is 24.7 Å². The van der Waals surface area contributed by atoms with Gasteiger partial charge in [-0.2, -0.15) is 14.8 Å². The third-order valence-corrected chi connectivity index (χ3v) is 12.9. The molecule has 3 aromatic carbocycles. The number of benzene rings is 3. The Kier molecular flexibility index (Phi) is 14.6. The Morgan fingerprint density at radius 1 is 1.00 bits per heavy atom. The minimum atomic E-state index is -3.39. The minimum absolute atomic E-state index is 0. The smallest absolute Gasteiger partial charge is 0.347 e. The molecule has 0 saturated carbocycles. The fraction of sp³-hybridized carbons (Fsp3) is 0.400. The second-order valence-corrected chi connectivity index (χ2v) is 16.4. The molecule has 14 nitrogen and oxygen atoms in total. The first-order valence-corrected chi connectivity index (χ1v) is 20.0. The van der Waals surface area contributed by atoms with E-state index in [1.807, 2.05) is 111 Å². The van der Waals surface area contributed by atoms with Crippen LogP contribution in [0.25, 0.3) is 11.2 Å². The van der Waals surface area contributed by atoms with E-state index in [9.17, 15) is 14.9 Å². The second-order valence-electron chi connectivity index (χ2n) is 14.0. The minimum Gasteiger partial charge on any atom is -0.497 e. The molecule has 1 fully saturated rings. The molecule has 4 atom stereocenters. The fourth-order valence-electron chi connectivity index (χ4n) is 7.52. The van der Waals surface area contributed by atoms with Crippen LogP contribution in [0.4, 0.5) is 5.95 Å². The molecule has 1 aliphatic heterocycles. The second kappa shape index (κ2) is 18.8. The van der Waals surface area contributed by atoms with E-state index in [2.05, 4.69) is 21.0 Å². The van der Waals surface area contributed by atoms with Crippen molar-refractivity contribution in [1.29, 1.82) is 5.26 Å². The summed E-state index contributed by atoms with van der Waals surface area (Å²) in [7, 11) is -0.143. The number of imidazole rings is 1. The Morgan fingerprint density at radius 3 is 2.11 bits per heavy atom. The number of nitrogens with zero attached hydrogens (tertiary/aromatic N) is 5. The van der Waals surface area contributed by atoms with Crippen LogP contribution in [0.15, 0.2) is 90.0 Å². The summed E-state index contributed by atoms with van der Waals surface area (Å²) in [4.78, 5) is 36.4. The van der Waals surface area contributed by atoms with Crippen LogP contribution in [0.5, 0.6) is 11.5 Å². The normalized spacial score (nSPS) is 18.2. The van der Waals surface area contributed by atoms with Crippen LogP contribution in [0, 0.1) is 49.1 Å². The molecular weight excluding hydrogens is 761 g/mol. The number of H-pyrrole nitrogens is 1. The van der Waals surface area contributed by atoms with E-state index in [1.54, 1.807) is 18.8 Å². The Bertz CT molecular complexity index is 2090. The summed E-state index contributed by atoms with van der Waals surface area (Å²) < 4.78 is 35.6. The largest absolute Gasteiger partial charge is 0.497 e. The molecule has 0 aliphatic carbocycles. The van der Waals surface area contributed by atoms with Gasteiger partial charge in [-0.05, 0) is 68.7 Å². The molecular formula is C40H49ArN7O7P+. The van der Waals surface area contributed by atoms with Gasteiger partial charge in [0, 0.05) is 56.2 Å². The molecule has 56 heavy (non-hydrogen) atoms.